The summed E-state index contributed by atoms with van der Waals surface area (Å²) in [5.74, 6) is 1.13. The molecule has 2 aromatic rings. The number of para-hydroxylation sites is 1. The van der Waals surface area contributed by atoms with E-state index in [-0.39, 0.29) is 11.8 Å². The van der Waals surface area contributed by atoms with Gasteiger partial charge in [-0.2, -0.15) is 0 Å². The van der Waals surface area contributed by atoms with Crippen LogP contribution in [-0.4, -0.2) is 17.4 Å². The lowest BCUT2D eigenvalue weighted by molar-refractivity contribution is -0.122. The Morgan fingerprint density at radius 1 is 1.53 bits per heavy atom. The number of oxazole rings is 1. The molecule has 1 aromatic carbocycles. The van der Waals surface area contributed by atoms with Crippen LogP contribution in [0.25, 0.3) is 0 Å². The molecule has 1 atom stereocenters. The van der Waals surface area contributed by atoms with Gasteiger partial charge >= 0.3 is 0 Å². The first-order chi connectivity index (χ1) is 9.24. The van der Waals surface area contributed by atoms with Crippen molar-refractivity contribution in [1.82, 2.24) is 10.3 Å². The van der Waals surface area contributed by atoms with E-state index in [1.54, 1.807) is 6.20 Å². The summed E-state index contributed by atoms with van der Waals surface area (Å²) < 4.78 is 5.32. The smallest absolute Gasteiger partial charge is 0.229 e. The van der Waals surface area contributed by atoms with Gasteiger partial charge in [0.1, 0.15) is 5.76 Å². The monoisotopic (exact) mass is 257 g/mol. The third-order valence-electron chi connectivity index (χ3n) is 3.23. The SMILES string of the molecule is Cc1cnc(CNC(=O)C2CNc3ccccc32)o1. The second-order valence-electron chi connectivity index (χ2n) is 4.60. The van der Waals surface area contributed by atoms with Gasteiger partial charge in [0.05, 0.1) is 18.7 Å². The Bertz CT molecular complexity index is 606. The van der Waals surface area contributed by atoms with Crippen molar-refractivity contribution >= 4 is 11.6 Å². The number of nitrogens with one attached hydrogen (secondary N) is 2. The standard InChI is InChI=1S/C14H15N3O2/c1-9-6-16-13(19-9)8-17-14(18)11-7-15-12-5-3-2-4-10(11)12/h2-6,11,15H,7-8H2,1H3,(H,17,18). The average Bonchev–Trinajstić information content (AvgIpc) is 3.02. The molecule has 0 aliphatic carbocycles. The van der Waals surface area contributed by atoms with Crippen molar-refractivity contribution in [3.05, 3.63) is 47.7 Å². The molecule has 0 saturated heterocycles. The van der Waals surface area contributed by atoms with Crippen LogP contribution in [0.4, 0.5) is 5.69 Å². The summed E-state index contributed by atoms with van der Waals surface area (Å²) in [5, 5.41) is 6.09. The van der Waals surface area contributed by atoms with E-state index in [1.807, 2.05) is 31.2 Å². The topological polar surface area (TPSA) is 67.2 Å². The number of fused-ring (bicyclic) bond motifs is 1. The predicted octanol–water partition coefficient (Wildman–Crippen LogP) is 1.81. The van der Waals surface area contributed by atoms with Crippen molar-refractivity contribution in [3.63, 3.8) is 0 Å². The molecule has 2 N–H and O–H groups in total. The minimum absolute atomic E-state index is 0.00620. The van der Waals surface area contributed by atoms with E-state index in [2.05, 4.69) is 15.6 Å². The fraction of sp³-hybridized carbons (Fsp3) is 0.286. The molecule has 1 unspecified atom stereocenters. The molecular weight excluding hydrogens is 242 g/mol. The van der Waals surface area contributed by atoms with Crippen molar-refractivity contribution < 1.29 is 9.21 Å². The molecule has 0 radical (unpaired) electrons. The van der Waals surface area contributed by atoms with Crippen LogP contribution in [0, 0.1) is 6.92 Å². The molecule has 0 bridgehead atoms. The Morgan fingerprint density at radius 3 is 3.16 bits per heavy atom. The van der Waals surface area contributed by atoms with Crippen molar-refractivity contribution in [2.24, 2.45) is 0 Å². The number of hydrogen-bond donors (Lipinski definition) is 2. The molecule has 5 nitrogen and oxygen atoms in total. The van der Waals surface area contributed by atoms with E-state index in [0.717, 1.165) is 17.0 Å². The third kappa shape index (κ3) is 2.31. The Hall–Kier alpha value is -2.30. The van der Waals surface area contributed by atoms with Gasteiger partial charge in [-0.1, -0.05) is 18.2 Å². The largest absolute Gasteiger partial charge is 0.444 e. The Labute approximate surface area is 111 Å². The van der Waals surface area contributed by atoms with Gasteiger partial charge in [0.25, 0.3) is 0 Å². The first-order valence-electron chi connectivity index (χ1n) is 6.26. The maximum Gasteiger partial charge on any atom is 0.229 e. The molecule has 0 fully saturated rings. The fourth-order valence-electron chi connectivity index (χ4n) is 2.29. The zero-order valence-electron chi connectivity index (χ0n) is 10.6. The van der Waals surface area contributed by atoms with Gasteiger partial charge in [-0.3, -0.25) is 4.79 Å². The minimum Gasteiger partial charge on any atom is -0.444 e. The fourth-order valence-corrected chi connectivity index (χ4v) is 2.29. The highest BCUT2D eigenvalue weighted by atomic mass is 16.4. The van der Waals surface area contributed by atoms with Crippen molar-refractivity contribution in [1.29, 1.82) is 0 Å². The van der Waals surface area contributed by atoms with Crippen LogP contribution in [0.2, 0.25) is 0 Å². The van der Waals surface area contributed by atoms with Crippen molar-refractivity contribution in [2.45, 2.75) is 19.4 Å². The number of amides is 1. The summed E-state index contributed by atoms with van der Waals surface area (Å²) in [6.07, 6.45) is 1.65. The average molecular weight is 257 g/mol. The zero-order valence-corrected chi connectivity index (χ0v) is 10.6. The molecule has 19 heavy (non-hydrogen) atoms. The highest BCUT2D eigenvalue weighted by Gasteiger charge is 2.27. The normalized spacial score (nSPS) is 16.8. The van der Waals surface area contributed by atoms with Crippen LogP contribution in [0.1, 0.15) is 23.1 Å². The first kappa shape index (κ1) is 11.8. The molecule has 0 saturated carbocycles. The van der Waals surface area contributed by atoms with Gasteiger partial charge < -0.3 is 15.1 Å². The summed E-state index contributed by atoms with van der Waals surface area (Å²) in [7, 11) is 0. The van der Waals surface area contributed by atoms with Gasteiger partial charge in [-0.15, -0.1) is 0 Å². The van der Waals surface area contributed by atoms with Gasteiger partial charge in [-0.05, 0) is 18.6 Å². The van der Waals surface area contributed by atoms with Crippen LogP contribution in [0.3, 0.4) is 0 Å². The van der Waals surface area contributed by atoms with Crippen LogP contribution >= 0.6 is 0 Å². The van der Waals surface area contributed by atoms with E-state index in [0.29, 0.717) is 19.0 Å². The number of hydrogen-bond acceptors (Lipinski definition) is 4. The molecular formula is C14H15N3O2. The van der Waals surface area contributed by atoms with E-state index >= 15 is 0 Å². The maximum absolute atomic E-state index is 12.2. The summed E-state index contributed by atoms with van der Waals surface area (Å²) in [6.45, 7) is 2.79. The lowest BCUT2D eigenvalue weighted by Gasteiger charge is -2.09. The second-order valence-corrected chi connectivity index (χ2v) is 4.60. The summed E-state index contributed by atoms with van der Waals surface area (Å²) in [6, 6.07) is 7.88. The molecule has 1 aliphatic rings. The van der Waals surface area contributed by atoms with Gasteiger partial charge in [0, 0.05) is 12.2 Å². The van der Waals surface area contributed by atoms with Gasteiger partial charge in [0.2, 0.25) is 11.8 Å². The molecule has 1 aromatic heterocycles. The number of aromatic nitrogens is 1. The van der Waals surface area contributed by atoms with Gasteiger partial charge in [0.15, 0.2) is 0 Å². The Morgan fingerprint density at radius 2 is 2.37 bits per heavy atom. The number of carbonyl (C=O) groups excluding carboxylic acids is 1. The lowest BCUT2D eigenvalue weighted by atomic mass is 10.0. The molecule has 1 amide bonds. The van der Waals surface area contributed by atoms with Crippen molar-refractivity contribution in [3.8, 4) is 0 Å². The minimum atomic E-state index is -0.146. The maximum atomic E-state index is 12.2. The van der Waals surface area contributed by atoms with E-state index in [4.69, 9.17) is 4.42 Å². The van der Waals surface area contributed by atoms with E-state index in [9.17, 15) is 4.79 Å². The van der Waals surface area contributed by atoms with Crippen molar-refractivity contribution in [2.75, 3.05) is 11.9 Å². The molecule has 2 heterocycles. The number of aryl methyl sites for hydroxylation is 1. The third-order valence-corrected chi connectivity index (χ3v) is 3.23. The molecule has 1 aliphatic heterocycles. The quantitative estimate of drug-likeness (QED) is 0.880. The molecule has 98 valence electrons. The summed E-state index contributed by atoms with van der Waals surface area (Å²) in [5.41, 5.74) is 2.08. The number of carbonyl (C=O) groups is 1. The second kappa shape index (κ2) is 4.76. The van der Waals surface area contributed by atoms with Crippen LogP contribution in [0.15, 0.2) is 34.9 Å². The molecule has 3 rings (SSSR count). The predicted molar refractivity (Wildman–Crippen MR) is 70.8 cm³/mol. The van der Waals surface area contributed by atoms with Crippen LogP contribution in [0.5, 0.6) is 0 Å². The Balaban J connectivity index is 1.66. The Kier molecular flexibility index (Phi) is 2.95. The number of nitrogens with zero attached hydrogens (tertiary/aromatic N) is 1. The number of rotatable bonds is 3. The highest BCUT2D eigenvalue weighted by Crippen LogP contribution is 2.30. The summed E-state index contributed by atoms with van der Waals surface area (Å²) >= 11 is 0. The van der Waals surface area contributed by atoms with Crippen LogP contribution < -0.4 is 10.6 Å². The zero-order chi connectivity index (χ0) is 13.2. The number of anilines is 1. The highest BCUT2D eigenvalue weighted by molar-refractivity contribution is 5.88. The summed E-state index contributed by atoms with van der Waals surface area (Å²) in [4.78, 5) is 16.2. The number of benzene rings is 1. The van der Waals surface area contributed by atoms with Crippen LogP contribution in [-0.2, 0) is 11.3 Å². The van der Waals surface area contributed by atoms with Gasteiger partial charge in [-0.25, -0.2) is 4.98 Å². The van der Waals surface area contributed by atoms with E-state index < -0.39 is 0 Å². The molecule has 5 heteroatoms. The lowest BCUT2D eigenvalue weighted by Crippen LogP contribution is -2.30. The molecule has 0 spiro atoms. The van der Waals surface area contributed by atoms with E-state index in [1.165, 1.54) is 0 Å². The first-order valence-corrected chi connectivity index (χ1v) is 6.26.